The van der Waals surface area contributed by atoms with Crippen LogP contribution in [0, 0.1) is 5.92 Å². The predicted octanol–water partition coefficient (Wildman–Crippen LogP) is 4.51. The van der Waals surface area contributed by atoms with E-state index in [-0.39, 0.29) is 29.1 Å². The number of nitrogens with zero attached hydrogens (tertiary/aromatic N) is 3. The predicted molar refractivity (Wildman–Crippen MR) is 129 cm³/mol. The monoisotopic (exact) mass is 495 g/mol. The maximum atomic E-state index is 11.6. The van der Waals surface area contributed by atoms with Crippen LogP contribution in [0.4, 0.5) is 11.7 Å². The van der Waals surface area contributed by atoms with Gasteiger partial charge in [0.05, 0.1) is 15.9 Å². The van der Waals surface area contributed by atoms with Gasteiger partial charge in [0, 0.05) is 18.4 Å². The molecule has 2 heterocycles. The molecule has 1 saturated carbocycles. The second kappa shape index (κ2) is 9.14. The molecule has 0 spiro atoms. The standard InChI is InChI=1S/C24H25N5O5S/c1-35(32,33)18-9-7-17(8-10-18)25-24-29-28-23(34-24)22-26-19-11-6-16(13-20(19)27-22)15-4-2-14(3-5-15)12-21(30)31/h6-11,13-15H,2-5,12H2,1H3,(H,25,29)(H,26,27)(H,30,31)/t14-,15-. The van der Waals surface area contributed by atoms with Crippen LogP contribution in [0.1, 0.15) is 43.6 Å². The summed E-state index contributed by atoms with van der Waals surface area (Å²) in [7, 11) is -3.27. The first-order chi connectivity index (χ1) is 16.7. The SMILES string of the molecule is CS(=O)(=O)c1ccc(Nc2nnc(-c3nc4cc([C@H]5CC[C@H](CC(=O)O)CC5)ccc4[nH]3)o2)cc1. The van der Waals surface area contributed by atoms with Gasteiger partial charge in [0.25, 0.3) is 5.89 Å². The molecule has 3 N–H and O–H groups in total. The van der Waals surface area contributed by atoms with Gasteiger partial charge in [-0.25, -0.2) is 13.4 Å². The van der Waals surface area contributed by atoms with Crippen molar-refractivity contribution in [2.45, 2.75) is 42.9 Å². The highest BCUT2D eigenvalue weighted by molar-refractivity contribution is 7.90. The highest BCUT2D eigenvalue weighted by atomic mass is 32.2. The summed E-state index contributed by atoms with van der Waals surface area (Å²) in [6.07, 6.45) is 5.21. The van der Waals surface area contributed by atoms with Gasteiger partial charge in [0.2, 0.25) is 0 Å². The highest BCUT2D eigenvalue weighted by Crippen LogP contribution is 2.38. The number of imidazole rings is 1. The third-order valence-corrected chi connectivity index (χ3v) is 7.58. The molecule has 4 aromatic rings. The van der Waals surface area contributed by atoms with Crippen molar-refractivity contribution >= 4 is 38.5 Å². The van der Waals surface area contributed by atoms with Gasteiger partial charge < -0.3 is 19.8 Å². The Kier molecular flexibility index (Phi) is 6.01. The first-order valence-electron chi connectivity index (χ1n) is 11.4. The zero-order valence-corrected chi connectivity index (χ0v) is 19.9. The van der Waals surface area contributed by atoms with E-state index < -0.39 is 15.8 Å². The Bertz CT molecular complexity index is 1470. The van der Waals surface area contributed by atoms with E-state index in [4.69, 9.17) is 9.52 Å². The number of nitrogens with one attached hydrogen (secondary N) is 2. The maximum absolute atomic E-state index is 11.6. The lowest BCUT2D eigenvalue weighted by Crippen LogP contribution is -2.16. The quantitative estimate of drug-likeness (QED) is 0.336. The molecule has 0 atom stereocenters. The Labute approximate surface area is 201 Å². The van der Waals surface area contributed by atoms with Gasteiger partial charge >= 0.3 is 12.0 Å². The summed E-state index contributed by atoms with van der Waals surface area (Å²) in [5, 5.41) is 20.0. The van der Waals surface area contributed by atoms with Crippen LogP contribution in [-0.2, 0) is 14.6 Å². The van der Waals surface area contributed by atoms with Crippen LogP contribution in [0.15, 0.2) is 51.8 Å². The molecular formula is C24H25N5O5S. The lowest BCUT2D eigenvalue weighted by molar-refractivity contribution is -0.138. The summed E-state index contributed by atoms with van der Waals surface area (Å²) in [6, 6.07) is 12.6. The molecule has 0 amide bonds. The third-order valence-electron chi connectivity index (χ3n) is 6.45. The number of aromatic nitrogens is 4. The molecule has 2 aromatic carbocycles. The van der Waals surface area contributed by atoms with E-state index in [2.05, 4.69) is 37.6 Å². The Morgan fingerprint density at radius 1 is 1.11 bits per heavy atom. The second-order valence-corrected chi connectivity index (χ2v) is 11.0. The largest absolute Gasteiger partial charge is 0.481 e. The number of H-pyrrole nitrogens is 1. The van der Waals surface area contributed by atoms with Crippen LogP contribution in [0.3, 0.4) is 0 Å². The molecule has 1 aliphatic carbocycles. The van der Waals surface area contributed by atoms with Gasteiger partial charge in [0.1, 0.15) is 0 Å². The lowest BCUT2D eigenvalue weighted by atomic mass is 9.77. The Morgan fingerprint density at radius 3 is 2.54 bits per heavy atom. The molecule has 1 fully saturated rings. The highest BCUT2D eigenvalue weighted by Gasteiger charge is 2.24. The van der Waals surface area contributed by atoms with Crippen molar-refractivity contribution < 1.29 is 22.7 Å². The molecule has 35 heavy (non-hydrogen) atoms. The van der Waals surface area contributed by atoms with Crippen molar-refractivity contribution in [3.63, 3.8) is 0 Å². The van der Waals surface area contributed by atoms with E-state index in [0.29, 0.717) is 17.4 Å². The van der Waals surface area contributed by atoms with Crippen molar-refractivity contribution in [1.82, 2.24) is 20.2 Å². The summed E-state index contributed by atoms with van der Waals surface area (Å²) < 4.78 is 28.9. The minimum absolute atomic E-state index is 0.159. The van der Waals surface area contributed by atoms with E-state index in [1.165, 1.54) is 17.7 Å². The van der Waals surface area contributed by atoms with Crippen LogP contribution in [0.2, 0.25) is 0 Å². The number of sulfone groups is 1. The average Bonchev–Trinajstić information content (AvgIpc) is 3.45. The molecule has 182 valence electrons. The fourth-order valence-corrected chi connectivity index (χ4v) is 5.23. The Hall–Kier alpha value is -3.73. The number of anilines is 2. The van der Waals surface area contributed by atoms with E-state index >= 15 is 0 Å². The topological polar surface area (TPSA) is 151 Å². The molecule has 0 aliphatic heterocycles. The number of carboxylic acids is 1. The van der Waals surface area contributed by atoms with Crippen molar-refractivity contribution in [2.75, 3.05) is 11.6 Å². The molecule has 1 aliphatic rings. The number of carbonyl (C=O) groups is 1. The molecule has 0 saturated heterocycles. The fourth-order valence-electron chi connectivity index (χ4n) is 4.60. The van der Waals surface area contributed by atoms with Crippen LogP contribution in [-0.4, -0.2) is 45.9 Å². The number of benzene rings is 2. The third kappa shape index (κ3) is 5.19. The smallest absolute Gasteiger partial charge is 0.320 e. The second-order valence-electron chi connectivity index (χ2n) is 9.01. The summed E-state index contributed by atoms with van der Waals surface area (Å²) >= 11 is 0. The van der Waals surface area contributed by atoms with Crippen LogP contribution >= 0.6 is 0 Å². The van der Waals surface area contributed by atoms with E-state index in [9.17, 15) is 13.2 Å². The van der Waals surface area contributed by atoms with Gasteiger partial charge in [-0.3, -0.25) is 4.79 Å². The van der Waals surface area contributed by atoms with Gasteiger partial charge in [-0.2, -0.15) is 0 Å². The van der Waals surface area contributed by atoms with Crippen LogP contribution in [0.25, 0.3) is 22.7 Å². The zero-order valence-electron chi connectivity index (χ0n) is 19.1. The number of hydrogen-bond acceptors (Lipinski definition) is 8. The van der Waals surface area contributed by atoms with Crippen LogP contribution < -0.4 is 5.32 Å². The molecule has 0 radical (unpaired) electrons. The van der Waals surface area contributed by atoms with Gasteiger partial charge in [-0.1, -0.05) is 11.2 Å². The lowest BCUT2D eigenvalue weighted by Gasteiger charge is -2.27. The molecule has 10 nitrogen and oxygen atoms in total. The normalized spacial score (nSPS) is 18.5. The molecular weight excluding hydrogens is 470 g/mol. The Balaban J connectivity index is 1.28. The zero-order chi connectivity index (χ0) is 24.6. The minimum Gasteiger partial charge on any atom is -0.481 e. The number of hydrogen-bond donors (Lipinski definition) is 3. The molecule has 0 bridgehead atoms. The Morgan fingerprint density at radius 2 is 1.86 bits per heavy atom. The van der Waals surface area contributed by atoms with Crippen molar-refractivity contribution in [3.05, 3.63) is 48.0 Å². The number of aromatic amines is 1. The number of rotatable bonds is 7. The summed E-state index contributed by atoms with van der Waals surface area (Å²) in [5.74, 6) is 0.630. The minimum atomic E-state index is -3.27. The molecule has 2 aromatic heterocycles. The summed E-state index contributed by atoms with van der Waals surface area (Å²) in [5.41, 5.74) is 3.47. The average molecular weight is 496 g/mol. The molecule has 11 heteroatoms. The summed E-state index contributed by atoms with van der Waals surface area (Å²) in [6.45, 7) is 0. The van der Waals surface area contributed by atoms with Gasteiger partial charge in [-0.05, 0) is 79.5 Å². The number of aliphatic carboxylic acids is 1. The van der Waals surface area contributed by atoms with Crippen molar-refractivity contribution in [2.24, 2.45) is 5.92 Å². The van der Waals surface area contributed by atoms with E-state index in [1.54, 1.807) is 12.1 Å². The first kappa shape index (κ1) is 23.0. The summed E-state index contributed by atoms with van der Waals surface area (Å²) in [4.78, 5) is 19.0. The fraction of sp³-hybridized carbons (Fsp3) is 0.333. The van der Waals surface area contributed by atoms with E-state index in [0.717, 1.165) is 43.0 Å². The first-order valence-corrected chi connectivity index (χ1v) is 13.3. The van der Waals surface area contributed by atoms with Gasteiger partial charge in [0.15, 0.2) is 15.7 Å². The van der Waals surface area contributed by atoms with Gasteiger partial charge in [-0.15, -0.1) is 5.10 Å². The molecule has 5 rings (SSSR count). The number of fused-ring (bicyclic) bond motifs is 1. The van der Waals surface area contributed by atoms with Crippen molar-refractivity contribution in [1.29, 1.82) is 0 Å². The van der Waals surface area contributed by atoms with Crippen LogP contribution in [0.5, 0.6) is 0 Å². The van der Waals surface area contributed by atoms with Crippen molar-refractivity contribution in [3.8, 4) is 11.7 Å². The maximum Gasteiger partial charge on any atom is 0.320 e. The number of carboxylic acid groups (broad SMARTS) is 1. The molecule has 0 unspecified atom stereocenters. The van der Waals surface area contributed by atoms with E-state index in [1.807, 2.05) is 6.07 Å².